The minimum Gasteiger partial charge on any atom is -0.331 e. The number of H-pyrrole nitrogens is 1. The van der Waals surface area contributed by atoms with E-state index in [1.807, 2.05) is 24.3 Å². The van der Waals surface area contributed by atoms with Crippen molar-refractivity contribution in [2.75, 3.05) is 13.1 Å². The van der Waals surface area contributed by atoms with E-state index in [0.717, 1.165) is 37.0 Å². The molecular weight excluding hydrogens is 270 g/mol. The topological polar surface area (TPSA) is 57.8 Å². The van der Waals surface area contributed by atoms with Crippen molar-refractivity contribution >= 4 is 34.2 Å². The molecule has 2 heterocycles. The van der Waals surface area contributed by atoms with Crippen molar-refractivity contribution in [1.29, 1.82) is 0 Å². The predicted octanol–water partition coefficient (Wildman–Crippen LogP) is 1.84. The van der Waals surface area contributed by atoms with Crippen LogP contribution in [0.5, 0.6) is 0 Å². The lowest BCUT2D eigenvalue weighted by molar-refractivity contribution is 0.518. The third-order valence-corrected chi connectivity index (χ3v) is 4.80. The van der Waals surface area contributed by atoms with Gasteiger partial charge in [0.25, 0.3) is 0 Å². The summed E-state index contributed by atoms with van der Waals surface area (Å²) in [7, 11) is -1.01. The molecule has 2 aromatic rings. The molecule has 0 amide bonds. The lowest BCUT2D eigenvalue weighted by Crippen LogP contribution is -2.33. The molecule has 0 saturated carbocycles. The maximum atomic E-state index is 12.4. The van der Waals surface area contributed by atoms with Gasteiger partial charge in [0.05, 0.1) is 21.8 Å². The lowest BCUT2D eigenvalue weighted by atomic mass is 10.2. The van der Waals surface area contributed by atoms with Crippen molar-refractivity contribution in [3.8, 4) is 0 Å². The molecule has 1 unspecified atom stereocenters. The van der Waals surface area contributed by atoms with Gasteiger partial charge < -0.3 is 10.3 Å². The van der Waals surface area contributed by atoms with Crippen LogP contribution in [0.25, 0.3) is 11.0 Å². The van der Waals surface area contributed by atoms with Crippen molar-refractivity contribution in [2.24, 2.45) is 0 Å². The van der Waals surface area contributed by atoms with Gasteiger partial charge in [-0.05, 0) is 38.1 Å². The Kier molecular flexibility index (Phi) is 4.37. The van der Waals surface area contributed by atoms with Crippen molar-refractivity contribution in [3.63, 3.8) is 0 Å². The van der Waals surface area contributed by atoms with Gasteiger partial charge in [0.15, 0.2) is 5.16 Å². The fourth-order valence-electron chi connectivity index (χ4n) is 2.19. The molecule has 4 nitrogen and oxygen atoms in total. The summed E-state index contributed by atoms with van der Waals surface area (Å²) in [6.07, 6.45) is 1.92. The number of rotatable bonds is 2. The number of hydrogen-bond donors (Lipinski definition) is 2. The molecule has 6 heteroatoms. The van der Waals surface area contributed by atoms with Gasteiger partial charge in [-0.15, -0.1) is 12.4 Å². The van der Waals surface area contributed by atoms with E-state index in [9.17, 15) is 4.21 Å². The van der Waals surface area contributed by atoms with E-state index < -0.39 is 10.8 Å². The van der Waals surface area contributed by atoms with E-state index in [2.05, 4.69) is 15.3 Å². The zero-order chi connectivity index (χ0) is 11.7. The first-order valence-corrected chi connectivity index (χ1v) is 7.12. The first kappa shape index (κ1) is 13.5. The molecule has 98 valence electrons. The summed E-state index contributed by atoms with van der Waals surface area (Å²) >= 11 is 0. The SMILES string of the molecule is Cl.O=S(c1nc2ccccc2[nH]1)C1CCNCC1. The van der Waals surface area contributed by atoms with E-state index in [0.29, 0.717) is 5.16 Å². The number of aromatic amines is 1. The molecule has 0 spiro atoms. The van der Waals surface area contributed by atoms with Crippen LogP contribution in [-0.2, 0) is 10.8 Å². The molecule has 1 aliphatic heterocycles. The monoisotopic (exact) mass is 285 g/mol. The van der Waals surface area contributed by atoms with Gasteiger partial charge in [-0.3, -0.25) is 4.21 Å². The smallest absolute Gasteiger partial charge is 0.197 e. The molecule has 1 aromatic heterocycles. The highest BCUT2D eigenvalue weighted by molar-refractivity contribution is 7.85. The number of piperidine rings is 1. The lowest BCUT2D eigenvalue weighted by Gasteiger charge is -2.20. The summed E-state index contributed by atoms with van der Waals surface area (Å²) in [4.78, 5) is 7.57. The second kappa shape index (κ2) is 5.82. The summed E-state index contributed by atoms with van der Waals surface area (Å²) in [6, 6.07) is 7.80. The number of halogens is 1. The summed E-state index contributed by atoms with van der Waals surface area (Å²) in [5.74, 6) is 0. The van der Waals surface area contributed by atoms with Crippen LogP contribution in [0, 0.1) is 0 Å². The molecular formula is C12H16ClN3OS. The Morgan fingerprint density at radius 3 is 2.67 bits per heavy atom. The molecule has 1 aromatic carbocycles. The summed E-state index contributed by atoms with van der Waals surface area (Å²) in [5.41, 5.74) is 1.86. The number of aromatic nitrogens is 2. The number of fused-ring (bicyclic) bond motifs is 1. The van der Waals surface area contributed by atoms with Gasteiger partial charge in [0.1, 0.15) is 0 Å². The van der Waals surface area contributed by atoms with Crippen LogP contribution in [0.2, 0.25) is 0 Å². The minimum absolute atomic E-state index is 0. The van der Waals surface area contributed by atoms with Crippen LogP contribution in [0.1, 0.15) is 12.8 Å². The Morgan fingerprint density at radius 2 is 1.94 bits per heavy atom. The van der Waals surface area contributed by atoms with Crippen molar-refractivity contribution in [1.82, 2.24) is 15.3 Å². The standard InChI is InChI=1S/C12H15N3OS.ClH/c16-17(9-5-7-13-8-6-9)12-14-10-3-1-2-4-11(10)15-12;/h1-4,9,13H,5-8H2,(H,14,15);1H. The second-order valence-electron chi connectivity index (χ2n) is 4.31. The molecule has 0 aliphatic carbocycles. The summed E-state index contributed by atoms with van der Waals surface area (Å²) in [5, 5.41) is 4.14. The maximum absolute atomic E-state index is 12.4. The fourth-order valence-corrected chi connectivity index (χ4v) is 3.57. The average Bonchev–Trinajstić information content (AvgIpc) is 2.82. The van der Waals surface area contributed by atoms with Gasteiger partial charge in [0.2, 0.25) is 0 Å². The molecule has 1 saturated heterocycles. The van der Waals surface area contributed by atoms with E-state index >= 15 is 0 Å². The quantitative estimate of drug-likeness (QED) is 0.885. The fraction of sp³-hybridized carbons (Fsp3) is 0.417. The number of para-hydroxylation sites is 2. The van der Waals surface area contributed by atoms with Gasteiger partial charge >= 0.3 is 0 Å². The molecule has 2 N–H and O–H groups in total. The van der Waals surface area contributed by atoms with Crippen molar-refractivity contribution in [2.45, 2.75) is 23.2 Å². The van der Waals surface area contributed by atoms with Gasteiger partial charge in [-0.1, -0.05) is 12.1 Å². The molecule has 0 radical (unpaired) electrons. The van der Waals surface area contributed by atoms with Crippen LogP contribution in [0.3, 0.4) is 0 Å². The molecule has 0 bridgehead atoms. The Hall–Kier alpha value is -0.910. The number of nitrogens with one attached hydrogen (secondary N) is 2. The number of nitrogens with zero attached hydrogens (tertiary/aromatic N) is 1. The highest BCUT2D eigenvalue weighted by atomic mass is 35.5. The second-order valence-corrected chi connectivity index (χ2v) is 5.95. The van der Waals surface area contributed by atoms with E-state index in [4.69, 9.17) is 0 Å². The van der Waals surface area contributed by atoms with E-state index in [1.54, 1.807) is 0 Å². The molecule has 1 atom stereocenters. The van der Waals surface area contributed by atoms with Crippen molar-refractivity contribution < 1.29 is 4.21 Å². The summed E-state index contributed by atoms with van der Waals surface area (Å²) in [6.45, 7) is 1.91. The first-order chi connectivity index (χ1) is 8.34. The molecule has 1 fully saturated rings. The van der Waals surface area contributed by atoms with Gasteiger partial charge in [-0.2, -0.15) is 0 Å². The van der Waals surface area contributed by atoms with Crippen LogP contribution in [0.4, 0.5) is 0 Å². The molecule has 3 rings (SSSR count). The van der Waals surface area contributed by atoms with E-state index in [-0.39, 0.29) is 17.7 Å². The molecule has 1 aliphatic rings. The van der Waals surface area contributed by atoms with Crippen molar-refractivity contribution in [3.05, 3.63) is 24.3 Å². The van der Waals surface area contributed by atoms with Crippen LogP contribution in [0.15, 0.2) is 29.4 Å². The average molecular weight is 286 g/mol. The third kappa shape index (κ3) is 2.58. The Labute approximate surface area is 114 Å². The minimum atomic E-state index is -1.01. The highest BCUT2D eigenvalue weighted by Crippen LogP contribution is 2.19. The Morgan fingerprint density at radius 1 is 1.22 bits per heavy atom. The largest absolute Gasteiger partial charge is 0.331 e. The van der Waals surface area contributed by atoms with Gasteiger partial charge in [0, 0.05) is 5.25 Å². The van der Waals surface area contributed by atoms with Crippen LogP contribution >= 0.6 is 12.4 Å². The van der Waals surface area contributed by atoms with Crippen LogP contribution < -0.4 is 5.32 Å². The first-order valence-electron chi connectivity index (χ1n) is 5.90. The Balaban J connectivity index is 0.00000120. The predicted molar refractivity (Wildman–Crippen MR) is 75.6 cm³/mol. The normalized spacial score (nSPS) is 18.4. The maximum Gasteiger partial charge on any atom is 0.197 e. The number of hydrogen-bond acceptors (Lipinski definition) is 3. The van der Waals surface area contributed by atoms with E-state index in [1.165, 1.54) is 0 Å². The highest BCUT2D eigenvalue weighted by Gasteiger charge is 2.23. The zero-order valence-corrected chi connectivity index (χ0v) is 11.5. The number of imidazole rings is 1. The van der Waals surface area contributed by atoms with Crippen LogP contribution in [-0.4, -0.2) is 32.5 Å². The van der Waals surface area contributed by atoms with Gasteiger partial charge in [-0.25, -0.2) is 4.98 Å². The third-order valence-electron chi connectivity index (χ3n) is 3.15. The number of benzene rings is 1. The Bertz CT molecular complexity index is 518. The molecule has 18 heavy (non-hydrogen) atoms. The summed E-state index contributed by atoms with van der Waals surface area (Å²) < 4.78 is 12.4. The zero-order valence-electron chi connectivity index (χ0n) is 9.89.